The van der Waals surface area contributed by atoms with Crippen LogP contribution in [0.1, 0.15) is 0 Å². The van der Waals surface area contributed by atoms with E-state index in [-0.39, 0.29) is 18.1 Å². The zero-order chi connectivity index (χ0) is 12.5. The molecule has 0 radical (unpaired) electrons. The number of nitrogens with zero attached hydrogens (tertiary/aromatic N) is 2. The maximum Gasteiger partial charge on any atom is 0.323 e. The standard InChI is InChI=1S/C8H12N4O4S/c13-8(14)6-3-9-1-2-12(6)17(15,16)7-4-10-5-11-7/h4-6,9H,1-3H2,(H,10,11)(H,13,14). The number of nitrogens with one attached hydrogen (secondary N) is 2. The van der Waals surface area contributed by atoms with Gasteiger partial charge in [-0.2, -0.15) is 4.31 Å². The van der Waals surface area contributed by atoms with Crippen LogP contribution in [0.4, 0.5) is 0 Å². The Morgan fingerprint density at radius 2 is 2.35 bits per heavy atom. The van der Waals surface area contributed by atoms with Gasteiger partial charge < -0.3 is 15.4 Å². The van der Waals surface area contributed by atoms with Crippen molar-refractivity contribution in [1.29, 1.82) is 0 Å². The Hall–Kier alpha value is -1.45. The average Bonchev–Trinajstić information content (AvgIpc) is 2.83. The summed E-state index contributed by atoms with van der Waals surface area (Å²) < 4.78 is 25.2. The van der Waals surface area contributed by atoms with Gasteiger partial charge >= 0.3 is 5.97 Å². The van der Waals surface area contributed by atoms with E-state index >= 15 is 0 Å². The molecular weight excluding hydrogens is 248 g/mol. The number of H-pyrrole nitrogens is 1. The number of piperazine rings is 1. The van der Waals surface area contributed by atoms with Gasteiger partial charge in [-0.25, -0.2) is 13.4 Å². The van der Waals surface area contributed by atoms with Crippen LogP contribution >= 0.6 is 0 Å². The van der Waals surface area contributed by atoms with Crippen LogP contribution < -0.4 is 5.32 Å². The van der Waals surface area contributed by atoms with E-state index in [0.717, 1.165) is 10.5 Å². The minimum Gasteiger partial charge on any atom is -0.480 e. The molecule has 2 heterocycles. The van der Waals surface area contributed by atoms with Crippen molar-refractivity contribution >= 4 is 16.0 Å². The zero-order valence-electron chi connectivity index (χ0n) is 8.83. The summed E-state index contributed by atoms with van der Waals surface area (Å²) in [5.74, 6) is -1.17. The molecule has 0 aliphatic carbocycles. The van der Waals surface area contributed by atoms with Crippen LogP contribution in [-0.4, -0.2) is 59.4 Å². The Morgan fingerprint density at radius 3 is 2.94 bits per heavy atom. The molecule has 2 rings (SSSR count). The van der Waals surface area contributed by atoms with Crippen LogP contribution in [0.3, 0.4) is 0 Å². The predicted molar refractivity (Wildman–Crippen MR) is 56.8 cm³/mol. The van der Waals surface area contributed by atoms with Gasteiger partial charge in [0.1, 0.15) is 6.04 Å². The second-order valence-electron chi connectivity index (χ2n) is 3.59. The second kappa shape index (κ2) is 4.43. The summed E-state index contributed by atoms with van der Waals surface area (Å²) in [5.41, 5.74) is 0. The number of aromatic amines is 1. The molecule has 0 amide bonds. The normalized spacial score (nSPS) is 22.5. The average molecular weight is 260 g/mol. The van der Waals surface area contributed by atoms with Gasteiger partial charge in [0.2, 0.25) is 0 Å². The smallest absolute Gasteiger partial charge is 0.323 e. The summed E-state index contributed by atoms with van der Waals surface area (Å²) in [6, 6.07) is -1.09. The number of carbonyl (C=O) groups is 1. The molecule has 0 bridgehead atoms. The quantitative estimate of drug-likeness (QED) is 0.606. The SMILES string of the molecule is O=C(O)C1CNCCN1S(=O)(=O)c1cnc[nH]1. The third kappa shape index (κ3) is 2.16. The predicted octanol–water partition coefficient (Wildman–Crippen LogP) is -1.54. The highest BCUT2D eigenvalue weighted by molar-refractivity contribution is 7.89. The monoisotopic (exact) mass is 260 g/mol. The van der Waals surface area contributed by atoms with Crippen molar-refractivity contribution in [3.05, 3.63) is 12.5 Å². The highest BCUT2D eigenvalue weighted by Crippen LogP contribution is 2.17. The lowest BCUT2D eigenvalue weighted by atomic mass is 10.2. The number of rotatable bonds is 3. The Morgan fingerprint density at radius 1 is 1.59 bits per heavy atom. The molecule has 3 N–H and O–H groups in total. The van der Waals surface area contributed by atoms with Crippen molar-refractivity contribution < 1.29 is 18.3 Å². The summed E-state index contributed by atoms with van der Waals surface area (Å²) in [6.45, 7) is 0.651. The van der Waals surface area contributed by atoms with Gasteiger partial charge in [0.05, 0.1) is 12.5 Å². The molecule has 94 valence electrons. The summed E-state index contributed by atoms with van der Waals surface area (Å²) >= 11 is 0. The minimum absolute atomic E-state index is 0.0920. The molecule has 1 aromatic heterocycles. The molecular formula is C8H12N4O4S. The van der Waals surface area contributed by atoms with Gasteiger partial charge in [-0.1, -0.05) is 0 Å². The maximum absolute atomic E-state index is 12.1. The third-order valence-corrected chi connectivity index (χ3v) is 4.37. The Bertz CT molecular complexity index is 498. The van der Waals surface area contributed by atoms with Gasteiger partial charge in [0.25, 0.3) is 10.0 Å². The van der Waals surface area contributed by atoms with E-state index in [2.05, 4.69) is 15.3 Å². The van der Waals surface area contributed by atoms with E-state index in [0.29, 0.717) is 6.54 Å². The Kier molecular flexibility index (Phi) is 3.13. The zero-order valence-corrected chi connectivity index (χ0v) is 9.64. The lowest BCUT2D eigenvalue weighted by Gasteiger charge is -2.31. The van der Waals surface area contributed by atoms with E-state index < -0.39 is 22.0 Å². The van der Waals surface area contributed by atoms with Gasteiger partial charge in [0.15, 0.2) is 5.03 Å². The molecule has 8 nitrogen and oxygen atoms in total. The van der Waals surface area contributed by atoms with Crippen molar-refractivity contribution in [2.45, 2.75) is 11.1 Å². The number of aromatic nitrogens is 2. The lowest BCUT2D eigenvalue weighted by Crippen LogP contribution is -2.56. The van der Waals surface area contributed by atoms with E-state index in [1.807, 2.05) is 0 Å². The molecule has 1 aliphatic heterocycles. The first kappa shape index (κ1) is 12.0. The van der Waals surface area contributed by atoms with Crippen LogP contribution in [-0.2, 0) is 14.8 Å². The van der Waals surface area contributed by atoms with Crippen molar-refractivity contribution in [2.24, 2.45) is 0 Å². The molecule has 1 aliphatic rings. The number of aliphatic carboxylic acids is 1. The van der Waals surface area contributed by atoms with E-state index in [1.54, 1.807) is 0 Å². The summed E-state index contributed by atoms with van der Waals surface area (Å²) in [5, 5.41) is 11.8. The highest BCUT2D eigenvalue weighted by Gasteiger charge is 2.38. The first-order valence-electron chi connectivity index (χ1n) is 4.97. The molecule has 0 saturated carbocycles. The van der Waals surface area contributed by atoms with Crippen molar-refractivity contribution in [3.8, 4) is 0 Å². The molecule has 1 saturated heterocycles. The lowest BCUT2D eigenvalue weighted by molar-refractivity contribution is -0.141. The molecule has 1 atom stereocenters. The molecule has 0 aromatic carbocycles. The number of sulfonamides is 1. The second-order valence-corrected chi connectivity index (χ2v) is 5.45. The van der Waals surface area contributed by atoms with Crippen molar-refractivity contribution in [1.82, 2.24) is 19.6 Å². The Labute approximate surface area is 97.7 Å². The molecule has 1 unspecified atom stereocenters. The fourth-order valence-corrected chi connectivity index (χ4v) is 3.17. The summed E-state index contributed by atoms with van der Waals surface area (Å²) in [7, 11) is -3.82. The molecule has 9 heteroatoms. The van der Waals surface area contributed by atoms with Crippen LogP contribution in [0.15, 0.2) is 17.6 Å². The number of carboxylic acid groups (broad SMARTS) is 1. The van der Waals surface area contributed by atoms with Crippen LogP contribution in [0.2, 0.25) is 0 Å². The van der Waals surface area contributed by atoms with Gasteiger partial charge in [-0.15, -0.1) is 0 Å². The van der Waals surface area contributed by atoms with Crippen LogP contribution in [0, 0.1) is 0 Å². The number of imidazole rings is 1. The number of hydrogen-bond acceptors (Lipinski definition) is 5. The molecule has 0 spiro atoms. The topological polar surface area (TPSA) is 115 Å². The molecule has 17 heavy (non-hydrogen) atoms. The highest BCUT2D eigenvalue weighted by atomic mass is 32.2. The van der Waals surface area contributed by atoms with Gasteiger partial charge in [0, 0.05) is 19.6 Å². The Balaban J connectivity index is 2.34. The number of hydrogen-bond donors (Lipinski definition) is 3. The van der Waals surface area contributed by atoms with Gasteiger partial charge in [-0.05, 0) is 0 Å². The first-order chi connectivity index (χ1) is 8.03. The number of carboxylic acids is 1. The fourth-order valence-electron chi connectivity index (χ4n) is 1.69. The summed E-state index contributed by atoms with van der Waals surface area (Å²) in [4.78, 5) is 17.1. The first-order valence-corrected chi connectivity index (χ1v) is 6.41. The van der Waals surface area contributed by atoms with E-state index in [1.165, 1.54) is 6.33 Å². The van der Waals surface area contributed by atoms with Crippen LogP contribution in [0.25, 0.3) is 0 Å². The maximum atomic E-state index is 12.1. The van der Waals surface area contributed by atoms with Crippen molar-refractivity contribution in [3.63, 3.8) is 0 Å². The largest absolute Gasteiger partial charge is 0.480 e. The van der Waals surface area contributed by atoms with E-state index in [9.17, 15) is 13.2 Å². The van der Waals surface area contributed by atoms with E-state index in [4.69, 9.17) is 5.11 Å². The third-order valence-electron chi connectivity index (χ3n) is 2.54. The molecule has 1 fully saturated rings. The molecule has 1 aromatic rings. The fraction of sp³-hybridized carbons (Fsp3) is 0.500. The van der Waals surface area contributed by atoms with Crippen molar-refractivity contribution in [2.75, 3.05) is 19.6 Å². The summed E-state index contributed by atoms with van der Waals surface area (Å²) in [6.07, 6.45) is 2.40. The van der Waals surface area contributed by atoms with Crippen LogP contribution in [0.5, 0.6) is 0 Å². The minimum atomic E-state index is -3.82. The van der Waals surface area contributed by atoms with Gasteiger partial charge in [-0.3, -0.25) is 4.79 Å².